The Bertz CT molecular complexity index is 2330. The first-order valence-corrected chi connectivity index (χ1v) is 19.2. The summed E-state index contributed by atoms with van der Waals surface area (Å²) in [5.74, 6) is 0.0829. The molecule has 15 heteroatoms. The van der Waals surface area contributed by atoms with Gasteiger partial charge < -0.3 is 44.8 Å². The van der Waals surface area contributed by atoms with Crippen LogP contribution in [0.2, 0.25) is 0 Å². The minimum Gasteiger partial charge on any atom is -0.512 e. The third kappa shape index (κ3) is 9.11. The van der Waals surface area contributed by atoms with Crippen LogP contribution >= 0.6 is 0 Å². The number of ether oxygens (including phenoxy) is 3. The maximum atomic E-state index is 13.9. The number of ketones is 1. The van der Waals surface area contributed by atoms with Crippen molar-refractivity contribution in [2.75, 3.05) is 26.6 Å². The van der Waals surface area contributed by atoms with Crippen LogP contribution in [0.25, 0.3) is 22.3 Å². The molecular weight excluding hydrogens is 761 g/mol. The van der Waals surface area contributed by atoms with Gasteiger partial charge in [0.15, 0.2) is 5.75 Å². The highest BCUT2D eigenvalue weighted by Crippen LogP contribution is 2.45. The molecule has 0 saturated heterocycles. The van der Waals surface area contributed by atoms with Gasteiger partial charge in [0, 0.05) is 79.7 Å². The van der Waals surface area contributed by atoms with Gasteiger partial charge in [-0.15, -0.1) is 0 Å². The zero-order valence-electron chi connectivity index (χ0n) is 34.6. The van der Waals surface area contributed by atoms with E-state index in [2.05, 4.69) is 22.3 Å². The van der Waals surface area contributed by atoms with Crippen LogP contribution in [0.15, 0.2) is 65.2 Å². The van der Waals surface area contributed by atoms with E-state index in [4.69, 9.17) is 24.0 Å². The van der Waals surface area contributed by atoms with Gasteiger partial charge in [0.25, 0.3) is 5.91 Å². The number of anilines is 1. The molecule has 59 heavy (non-hydrogen) atoms. The minimum absolute atomic E-state index is 0.0382. The molecule has 5 N–H and O–H groups in total. The number of hydrogen-bond donors (Lipinski definition) is 5. The summed E-state index contributed by atoms with van der Waals surface area (Å²) in [5, 5.41) is 53.5. The smallest absolute Gasteiger partial charge is 0.302 e. The number of allylic oxidation sites excluding steroid dienone is 3. The third-order valence-electron chi connectivity index (χ3n) is 11.1. The molecule has 5 rings (SSSR count). The number of methoxy groups -OCH3 is 2. The zero-order valence-corrected chi connectivity index (χ0v) is 34.6. The zero-order chi connectivity index (χ0) is 43.3. The van der Waals surface area contributed by atoms with E-state index in [0.29, 0.717) is 11.2 Å². The Morgan fingerprint density at radius 1 is 1.02 bits per heavy atom. The van der Waals surface area contributed by atoms with Crippen molar-refractivity contribution in [2.24, 2.45) is 28.8 Å². The number of nitrogens with one attached hydrogen (secondary N) is 1. The number of phenols is 1. The van der Waals surface area contributed by atoms with Gasteiger partial charge >= 0.3 is 5.97 Å². The van der Waals surface area contributed by atoms with Crippen molar-refractivity contribution in [3.8, 4) is 17.6 Å². The van der Waals surface area contributed by atoms with Crippen LogP contribution in [0, 0.1) is 35.5 Å². The summed E-state index contributed by atoms with van der Waals surface area (Å²) in [7, 11) is 4.25. The van der Waals surface area contributed by atoms with E-state index in [1.807, 2.05) is 6.92 Å². The van der Waals surface area contributed by atoms with Crippen molar-refractivity contribution in [3.05, 3.63) is 76.7 Å². The number of benzene rings is 1. The van der Waals surface area contributed by atoms with Crippen molar-refractivity contribution in [2.45, 2.75) is 78.5 Å². The number of esters is 1. The first kappa shape index (κ1) is 44.3. The van der Waals surface area contributed by atoms with Crippen molar-refractivity contribution in [1.29, 1.82) is 0 Å². The van der Waals surface area contributed by atoms with E-state index in [1.54, 1.807) is 74.7 Å². The number of aliphatic hydroxyl groups is 3. The minimum atomic E-state index is -1.16. The van der Waals surface area contributed by atoms with E-state index in [-0.39, 0.29) is 51.2 Å². The number of aromatic nitrogens is 2. The van der Waals surface area contributed by atoms with Crippen molar-refractivity contribution < 1.29 is 53.9 Å². The Balaban J connectivity index is 1.81. The Hall–Kier alpha value is -5.79. The van der Waals surface area contributed by atoms with Gasteiger partial charge in [0.2, 0.25) is 5.78 Å². The highest BCUT2D eigenvalue weighted by molar-refractivity contribution is 6.22. The second-order valence-electron chi connectivity index (χ2n) is 15.0. The number of aromatic hydroxyl groups is 1. The number of Topliss-reactive ketones (excluding diaryl/α,β-unsaturated/α-hetero) is 1. The molecule has 4 bridgehead atoms. The fourth-order valence-electron chi connectivity index (χ4n) is 7.71. The van der Waals surface area contributed by atoms with Crippen LogP contribution in [-0.4, -0.2) is 106 Å². The summed E-state index contributed by atoms with van der Waals surface area (Å²) in [6.45, 7) is 9.86. The highest BCUT2D eigenvalue weighted by Gasteiger charge is 2.40. The number of carbonyl (C=O) groups excluding carboxylic acids is 3. The van der Waals surface area contributed by atoms with Crippen LogP contribution in [-0.2, 0) is 28.6 Å². The fourth-order valence-corrected chi connectivity index (χ4v) is 7.71. The predicted octanol–water partition coefficient (Wildman–Crippen LogP) is 5.27. The fraction of sp³-hybridized carbons (Fsp3) is 0.432. The number of phenolic OH excluding ortho intramolecular Hbond substituents is 1. The molecule has 1 aromatic carbocycles. The lowest BCUT2D eigenvalue weighted by Crippen LogP contribution is -2.46. The lowest BCUT2D eigenvalue weighted by molar-refractivity contribution is -0.160. The van der Waals surface area contributed by atoms with E-state index < -0.39 is 77.6 Å². The molecule has 2 aromatic heterocycles. The monoisotopic (exact) mass is 812 g/mol. The number of hydrogen-bond acceptors (Lipinski definition) is 13. The molecule has 2 aliphatic rings. The number of amides is 1. The normalized spacial score (nSPS) is 29.3. The Kier molecular flexibility index (Phi) is 14.2. The van der Waals surface area contributed by atoms with Crippen LogP contribution in [0.4, 0.5) is 5.69 Å². The van der Waals surface area contributed by atoms with Crippen molar-refractivity contribution >= 4 is 51.8 Å². The maximum Gasteiger partial charge on any atom is 0.302 e. The Morgan fingerprint density at radius 2 is 1.75 bits per heavy atom. The average Bonchev–Trinajstić information content (AvgIpc) is 3.51. The molecule has 314 valence electrons. The van der Waals surface area contributed by atoms with Gasteiger partial charge in [0.1, 0.15) is 47.4 Å². The number of fused-ring (bicyclic) bond motifs is 5. The maximum absolute atomic E-state index is 13.9. The molecule has 0 saturated carbocycles. The molecule has 0 fully saturated rings. The molecule has 15 nitrogen and oxygen atoms in total. The molecule has 3 aromatic rings. The number of aliphatic hydroxyl groups excluding tert-OH is 3. The quantitative estimate of drug-likeness (QED) is 0.0425. The molecule has 1 aliphatic carbocycles. The largest absolute Gasteiger partial charge is 0.512 e. The lowest BCUT2D eigenvalue weighted by atomic mass is 9.78. The van der Waals surface area contributed by atoms with Crippen LogP contribution in [0.3, 0.4) is 0 Å². The second-order valence-corrected chi connectivity index (χ2v) is 15.0. The summed E-state index contributed by atoms with van der Waals surface area (Å²) in [6.07, 6.45) is 6.27. The summed E-state index contributed by atoms with van der Waals surface area (Å²) < 4.78 is 19.0. The van der Waals surface area contributed by atoms with E-state index in [0.717, 1.165) is 0 Å². The summed E-state index contributed by atoms with van der Waals surface area (Å²) in [6, 6.07) is 3.39. The highest BCUT2D eigenvalue weighted by atomic mass is 16.6. The molecule has 0 spiro atoms. The van der Waals surface area contributed by atoms with Gasteiger partial charge in [-0.2, -0.15) is 0 Å². The van der Waals surface area contributed by atoms with Crippen molar-refractivity contribution in [3.63, 3.8) is 0 Å². The van der Waals surface area contributed by atoms with Gasteiger partial charge in [-0.3, -0.25) is 18.8 Å². The number of nitrogens with zero attached hydrogens (tertiary/aromatic N) is 3. The number of carbonyl (C=O) groups is 3. The lowest BCUT2D eigenvalue weighted by Gasteiger charge is -2.38. The van der Waals surface area contributed by atoms with Crippen LogP contribution in [0.1, 0.15) is 69.4 Å². The first-order valence-electron chi connectivity index (χ1n) is 19.2. The summed E-state index contributed by atoms with van der Waals surface area (Å²) >= 11 is 0. The third-order valence-corrected chi connectivity index (χ3v) is 11.1. The molecule has 1 amide bonds. The molecule has 1 aliphatic heterocycles. The molecule has 3 heterocycles. The standard InChI is InChI=1S/C44H52N4O11/c1-22-12-10-13-23(2)44(55)47-38-39-37(46-33-20-28(21-45-58-9)18-19-48(33)39)36-34(32(57-8)17-16-30(51)35(36)42(38)54)29(50)14-11-15-31(56-7)24(3)43(59-27(6)49)26(5)41(53)25(4)40(22)52/h10-13,15,18-22,24-26,31-32,40-41,43,50,52-54H,14H2,1-9H3,(H,47,55)/b12-10+,15-11+,23-13-,34-29?,45-21+/t22-,24+,25+,26+,31-,32?,40-,41+,43+/m0/s1. The van der Waals surface area contributed by atoms with Crippen LogP contribution < -0.4 is 5.32 Å². The summed E-state index contributed by atoms with van der Waals surface area (Å²) in [5.41, 5.74) is 1.16. The first-order chi connectivity index (χ1) is 28.1. The van der Waals surface area contributed by atoms with Gasteiger partial charge in [-0.1, -0.05) is 69.2 Å². The van der Waals surface area contributed by atoms with E-state index in [1.165, 1.54) is 40.5 Å². The number of imidazole rings is 1. The second kappa shape index (κ2) is 18.9. The predicted molar refractivity (Wildman–Crippen MR) is 222 cm³/mol. The molecule has 9 atom stereocenters. The van der Waals surface area contributed by atoms with E-state index in [9.17, 15) is 34.8 Å². The SMILES string of the molecule is CO/N=C/c1ccn2c(c1)nc1c3c4c(O)c(c12)NC(=O)/C(C)=C\C=C\[C@H](C)[C@H](O)[C@@H](C)[C@@H](O)[C@@H](C)[C@H](OC(C)=O)[C@H](C)[C@@H](OC)/C=C/CC(O)=C3C(OC)C#CC4=O. The van der Waals surface area contributed by atoms with E-state index >= 15 is 0 Å². The van der Waals surface area contributed by atoms with Gasteiger partial charge in [-0.25, -0.2) is 4.98 Å². The van der Waals surface area contributed by atoms with Crippen LogP contribution in [0.5, 0.6) is 5.75 Å². The summed E-state index contributed by atoms with van der Waals surface area (Å²) in [4.78, 5) is 49.8. The molecule has 1 unspecified atom stereocenters. The molecular formula is C44H52N4O11. The molecule has 0 radical (unpaired) electrons. The average molecular weight is 813 g/mol. The number of pyridine rings is 1. The number of rotatable bonds is 5. The van der Waals surface area contributed by atoms with Gasteiger partial charge in [-0.05, 0) is 25.0 Å². The topological polar surface area (TPSA) is 211 Å². The van der Waals surface area contributed by atoms with Crippen molar-refractivity contribution in [1.82, 2.24) is 9.38 Å². The Labute approximate surface area is 342 Å². The van der Waals surface area contributed by atoms with Gasteiger partial charge in [0.05, 0.1) is 30.1 Å². The Morgan fingerprint density at radius 3 is 2.41 bits per heavy atom. The number of oxime groups is 1.